The van der Waals surface area contributed by atoms with Crippen LogP contribution in [-0.4, -0.2) is 24.6 Å². The Bertz CT molecular complexity index is 587. The van der Waals surface area contributed by atoms with Crippen LogP contribution in [0.1, 0.15) is 0 Å². The first-order valence-electron chi connectivity index (χ1n) is 4.50. The topological polar surface area (TPSA) is 56.0 Å². The molecule has 3 aromatic rings. The third-order valence-electron chi connectivity index (χ3n) is 2.15. The van der Waals surface area contributed by atoms with Crippen LogP contribution in [0.4, 0.5) is 0 Å². The molecule has 0 aliphatic rings. The standard InChI is InChI=1S/C10H7N5/c1-3-11-4-2-8(1)10-14-13-9-7-12-5-6-15(9)10/h1-7H. The summed E-state index contributed by atoms with van der Waals surface area (Å²) in [5.74, 6) is 0.801. The van der Waals surface area contributed by atoms with Gasteiger partial charge in [-0.2, -0.15) is 0 Å². The molecule has 0 aliphatic carbocycles. The molecule has 0 atom stereocenters. The van der Waals surface area contributed by atoms with Gasteiger partial charge in [0.05, 0.1) is 6.20 Å². The summed E-state index contributed by atoms with van der Waals surface area (Å²) in [6.07, 6.45) is 8.69. The summed E-state index contributed by atoms with van der Waals surface area (Å²) in [6.45, 7) is 0. The second-order valence-corrected chi connectivity index (χ2v) is 3.06. The van der Waals surface area contributed by atoms with Gasteiger partial charge in [0.2, 0.25) is 0 Å². The molecule has 0 N–H and O–H groups in total. The van der Waals surface area contributed by atoms with Crippen LogP contribution in [0.5, 0.6) is 0 Å². The second kappa shape index (κ2) is 3.13. The number of rotatable bonds is 1. The quantitative estimate of drug-likeness (QED) is 0.588. The van der Waals surface area contributed by atoms with Gasteiger partial charge in [-0.05, 0) is 12.1 Å². The zero-order valence-electron chi connectivity index (χ0n) is 7.78. The Labute approximate surface area is 85.5 Å². The highest BCUT2D eigenvalue weighted by Gasteiger charge is 2.06. The lowest BCUT2D eigenvalue weighted by atomic mass is 10.2. The van der Waals surface area contributed by atoms with Crippen molar-refractivity contribution in [2.24, 2.45) is 0 Å². The molecular formula is C10H7N5. The zero-order valence-corrected chi connectivity index (χ0v) is 7.78. The molecule has 3 aromatic heterocycles. The van der Waals surface area contributed by atoms with Crippen molar-refractivity contribution in [1.82, 2.24) is 24.6 Å². The van der Waals surface area contributed by atoms with Gasteiger partial charge < -0.3 is 0 Å². The minimum Gasteiger partial charge on any atom is -0.280 e. The number of hydrogen-bond donors (Lipinski definition) is 0. The van der Waals surface area contributed by atoms with E-state index in [1.807, 2.05) is 22.7 Å². The molecule has 3 rings (SSSR count). The molecule has 0 aromatic carbocycles. The molecule has 0 fully saturated rings. The monoisotopic (exact) mass is 197 g/mol. The van der Waals surface area contributed by atoms with E-state index in [1.165, 1.54) is 0 Å². The molecule has 15 heavy (non-hydrogen) atoms. The van der Waals surface area contributed by atoms with Gasteiger partial charge in [0, 0.05) is 30.4 Å². The summed E-state index contributed by atoms with van der Waals surface area (Å²) in [4.78, 5) is 7.95. The van der Waals surface area contributed by atoms with E-state index in [2.05, 4.69) is 20.2 Å². The van der Waals surface area contributed by atoms with E-state index < -0.39 is 0 Å². The van der Waals surface area contributed by atoms with Gasteiger partial charge in [-0.15, -0.1) is 10.2 Å². The van der Waals surface area contributed by atoms with Gasteiger partial charge >= 0.3 is 0 Å². The maximum absolute atomic E-state index is 4.11. The first-order chi connectivity index (χ1) is 7.45. The maximum Gasteiger partial charge on any atom is 0.179 e. The molecule has 0 aliphatic heterocycles. The van der Waals surface area contributed by atoms with Gasteiger partial charge in [0.15, 0.2) is 11.5 Å². The molecule has 3 heterocycles. The summed E-state index contributed by atoms with van der Waals surface area (Å²) < 4.78 is 1.89. The largest absolute Gasteiger partial charge is 0.280 e. The molecular weight excluding hydrogens is 190 g/mol. The first-order valence-corrected chi connectivity index (χ1v) is 4.50. The number of pyridine rings is 1. The fourth-order valence-corrected chi connectivity index (χ4v) is 1.45. The van der Waals surface area contributed by atoms with E-state index in [-0.39, 0.29) is 0 Å². The Balaban J connectivity index is 2.28. The normalized spacial score (nSPS) is 10.7. The van der Waals surface area contributed by atoms with E-state index in [9.17, 15) is 0 Å². The third-order valence-corrected chi connectivity index (χ3v) is 2.15. The van der Waals surface area contributed by atoms with Crippen molar-refractivity contribution in [2.45, 2.75) is 0 Å². The summed E-state index contributed by atoms with van der Waals surface area (Å²) in [7, 11) is 0. The molecule has 0 spiro atoms. The van der Waals surface area contributed by atoms with E-state index in [0.717, 1.165) is 17.0 Å². The maximum atomic E-state index is 4.11. The average Bonchev–Trinajstić information content (AvgIpc) is 2.74. The Hall–Kier alpha value is -2.30. The highest BCUT2D eigenvalue weighted by atomic mass is 15.2. The Morgan fingerprint density at radius 1 is 0.933 bits per heavy atom. The number of aromatic nitrogens is 5. The van der Waals surface area contributed by atoms with Crippen molar-refractivity contribution < 1.29 is 0 Å². The summed E-state index contributed by atoms with van der Waals surface area (Å²) >= 11 is 0. The Morgan fingerprint density at radius 2 is 1.80 bits per heavy atom. The van der Waals surface area contributed by atoms with Crippen LogP contribution in [-0.2, 0) is 0 Å². The molecule has 5 heteroatoms. The van der Waals surface area contributed by atoms with Gasteiger partial charge in [-0.3, -0.25) is 14.4 Å². The minimum absolute atomic E-state index is 0.740. The summed E-state index contributed by atoms with van der Waals surface area (Å²) in [6, 6.07) is 3.80. The van der Waals surface area contributed by atoms with Crippen molar-refractivity contribution in [3.8, 4) is 11.4 Å². The van der Waals surface area contributed by atoms with Gasteiger partial charge in [0.25, 0.3) is 0 Å². The minimum atomic E-state index is 0.740. The smallest absolute Gasteiger partial charge is 0.179 e. The number of nitrogens with zero attached hydrogens (tertiary/aromatic N) is 5. The van der Waals surface area contributed by atoms with Crippen LogP contribution in [0.25, 0.3) is 17.0 Å². The Morgan fingerprint density at radius 3 is 2.67 bits per heavy atom. The van der Waals surface area contributed by atoms with Crippen molar-refractivity contribution >= 4 is 5.65 Å². The molecule has 5 nitrogen and oxygen atoms in total. The zero-order chi connectivity index (χ0) is 10.1. The molecule has 0 bridgehead atoms. The van der Waals surface area contributed by atoms with Gasteiger partial charge in [0.1, 0.15) is 0 Å². The molecule has 0 radical (unpaired) electrons. The van der Waals surface area contributed by atoms with Crippen LogP contribution in [0.15, 0.2) is 43.1 Å². The third kappa shape index (κ3) is 1.25. The van der Waals surface area contributed by atoms with Gasteiger partial charge in [-0.25, -0.2) is 0 Å². The SMILES string of the molecule is c1cc(-c2nnc3cnccn23)ccn1. The second-order valence-electron chi connectivity index (χ2n) is 3.06. The van der Waals surface area contributed by atoms with Gasteiger partial charge in [-0.1, -0.05) is 0 Å². The predicted molar refractivity (Wildman–Crippen MR) is 54.0 cm³/mol. The van der Waals surface area contributed by atoms with Crippen molar-refractivity contribution in [3.05, 3.63) is 43.1 Å². The number of hydrogen-bond acceptors (Lipinski definition) is 4. The summed E-state index contributed by atoms with van der Waals surface area (Å²) in [5, 5.41) is 8.14. The lowest BCUT2D eigenvalue weighted by Gasteiger charge is -1.97. The van der Waals surface area contributed by atoms with Crippen LogP contribution >= 0.6 is 0 Å². The van der Waals surface area contributed by atoms with Crippen LogP contribution < -0.4 is 0 Å². The van der Waals surface area contributed by atoms with E-state index >= 15 is 0 Å². The number of fused-ring (bicyclic) bond motifs is 1. The van der Waals surface area contributed by atoms with E-state index in [0.29, 0.717) is 0 Å². The molecule has 0 saturated carbocycles. The highest BCUT2D eigenvalue weighted by molar-refractivity contribution is 5.57. The highest BCUT2D eigenvalue weighted by Crippen LogP contribution is 2.15. The van der Waals surface area contributed by atoms with E-state index in [4.69, 9.17) is 0 Å². The average molecular weight is 197 g/mol. The Kier molecular flexibility index (Phi) is 1.68. The molecule has 0 amide bonds. The fraction of sp³-hybridized carbons (Fsp3) is 0. The lowest BCUT2D eigenvalue weighted by molar-refractivity contribution is 1.11. The molecule has 0 saturated heterocycles. The fourth-order valence-electron chi connectivity index (χ4n) is 1.45. The summed E-state index contributed by atoms with van der Waals surface area (Å²) in [5.41, 5.74) is 1.73. The molecule has 72 valence electrons. The van der Waals surface area contributed by atoms with Crippen molar-refractivity contribution in [2.75, 3.05) is 0 Å². The molecule has 0 unspecified atom stereocenters. The van der Waals surface area contributed by atoms with Crippen LogP contribution in [0.2, 0.25) is 0 Å². The van der Waals surface area contributed by atoms with Crippen molar-refractivity contribution in [3.63, 3.8) is 0 Å². The predicted octanol–water partition coefficient (Wildman–Crippen LogP) is 1.19. The lowest BCUT2D eigenvalue weighted by Crippen LogP contribution is -1.89. The van der Waals surface area contributed by atoms with Crippen molar-refractivity contribution in [1.29, 1.82) is 0 Å². The van der Waals surface area contributed by atoms with Crippen LogP contribution in [0.3, 0.4) is 0 Å². The van der Waals surface area contributed by atoms with Crippen LogP contribution in [0, 0.1) is 0 Å². The first kappa shape index (κ1) is 8.05. The van der Waals surface area contributed by atoms with E-state index in [1.54, 1.807) is 24.8 Å².